The molecule has 0 saturated carbocycles. The van der Waals surface area contributed by atoms with Gasteiger partial charge < -0.3 is 9.64 Å². The molecule has 0 atom stereocenters. The monoisotopic (exact) mass is 267 g/mol. The number of carbonyl (C=O) groups is 2. The molecule has 0 fully saturated rings. The summed E-state index contributed by atoms with van der Waals surface area (Å²) in [5.41, 5.74) is 1.69. The van der Waals surface area contributed by atoms with Crippen LogP contribution in [0.15, 0.2) is 5.38 Å². The molecule has 1 aliphatic rings. The number of hydrogen-bond acceptors (Lipinski definition) is 4. The van der Waals surface area contributed by atoms with Gasteiger partial charge in [-0.15, -0.1) is 11.3 Å². The van der Waals surface area contributed by atoms with Crippen molar-refractivity contribution in [3.8, 4) is 0 Å². The molecule has 0 radical (unpaired) electrons. The Labute approximate surface area is 111 Å². The highest BCUT2D eigenvalue weighted by Crippen LogP contribution is 2.27. The van der Waals surface area contributed by atoms with Crippen molar-refractivity contribution in [1.29, 1.82) is 0 Å². The van der Waals surface area contributed by atoms with Gasteiger partial charge in [0.25, 0.3) is 0 Å². The summed E-state index contributed by atoms with van der Waals surface area (Å²) < 4.78 is 5.35. The third-order valence-corrected chi connectivity index (χ3v) is 3.76. The second-order valence-electron chi connectivity index (χ2n) is 5.37. The maximum absolute atomic E-state index is 11.9. The average molecular weight is 267 g/mol. The third kappa shape index (κ3) is 2.72. The van der Waals surface area contributed by atoms with Gasteiger partial charge in [-0.3, -0.25) is 4.79 Å². The van der Waals surface area contributed by atoms with Gasteiger partial charge in [0.15, 0.2) is 6.29 Å². The van der Waals surface area contributed by atoms with Crippen LogP contribution in [0.4, 0.5) is 4.79 Å². The van der Waals surface area contributed by atoms with Crippen LogP contribution in [0.1, 0.15) is 41.6 Å². The van der Waals surface area contributed by atoms with E-state index in [2.05, 4.69) is 0 Å². The van der Waals surface area contributed by atoms with E-state index in [0.29, 0.717) is 13.1 Å². The van der Waals surface area contributed by atoms with Crippen molar-refractivity contribution in [3.63, 3.8) is 0 Å². The fourth-order valence-electron chi connectivity index (χ4n) is 1.96. The average Bonchev–Trinajstić information content (AvgIpc) is 2.68. The molecule has 18 heavy (non-hydrogen) atoms. The summed E-state index contributed by atoms with van der Waals surface area (Å²) in [5, 5.41) is 1.95. The Morgan fingerprint density at radius 3 is 2.83 bits per heavy atom. The minimum Gasteiger partial charge on any atom is -0.444 e. The van der Waals surface area contributed by atoms with Crippen LogP contribution in [-0.2, 0) is 17.7 Å². The van der Waals surface area contributed by atoms with Crippen molar-refractivity contribution in [2.45, 2.75) is 39.3 Å². The third-order valence-electron chi connectivity index (χ3n) is 2.76. The van der Waals surface area contributed by atoms with Crippen molar-refractivity contribution in [3.05, 3.63) is 21.4 Å². The maximum Gasteiger partial charge on any atom is 0.410 e. The lowest BCUT2D eigenvalue weighted by molar-refractivity contribution is 0.0224. The summed E-state index contributed by atoms with van der Waals surface area (Å²) in [6.07, 6.45) is 1.34. The van der Waals surface area contributed by atoms with E-state index in [9.17, 15) is 9.59 Å². The molecule has 2 heterocycles. The first kappa shape index (κ1) is 13.1. The zero-order chi connectivity index (χ0) is 13.3. The maximum atomic E-state index is 11.9. The highest BCUT2D eigenvalue weighted by Gasteiger charge is 2.27. The van der Waals surface area contributed by atoms with Crippen LogP contribution in [-0.4, -0.2) is 29.4 Å². The Morgan fingerprint density at radius 2 is 2.22 bits per heavy atom. The Bertz CT molecular complexity index is 473. The van der Waals surface area contributed by atoms with Crippen molar-refractivity contribution in [1.82, 2.24) is 4.90 Å². The first-order valence-corrected chi connectivity index (χ1v) is 6.81. The number of ether oxygens (including phenoxy) is 1. The SMILES string of the molecule is CC(C)(C)OC(=O)N1CCc2c(csc2C=O)C1. The number of nitrogens with zero attached hydrogens (tertiary/aromatic N) is 1. The lowest BCUT2D eigenvalue weighted by Gasteiger charge is -2.30. The molecule has 0 unspecified atom stereocenters. The molecular formula is C13H17NO3S. The standard InChI is InChI=1S/C13H17NO3S/c1-13(2,3)17-12(16)14-5-4-10-9(6-14)8-18-11(10)7-15/h7-8H,4-6H2,1-3H3. The quantitative estimate of drug-likeness (QED) is 0.735. The van der Waals surface area contributed by atoms with Crippen molar-refractivity contribution in [2.75, 3.05) is 6.54 Å². The number of hydrogen-bond donors (Lipinski definition) is 0. The number of amides is 1. The lowest BCUT2D eigenvalue weighted by Crippen LogP contribution is -2.39. The van der Waals surface area contributed by atoms with E-state index in [1.807, 2.05) is 26.2 Å². The van der Waals surface area contributed by atoms with Gasteiger partial charge in [-0.05, 0) is 43.7 Å². The molecule has 4 nitrogen and oxygen atoms in total. The summed E-state index contributed by atoms with van der Waals surface area (Å²) in [5.74, 6) is 0. The smallest absolute Gasteiger partial charge is 0.410 e. The molecule has 1 aromatic rings. The predicted octanol–water partition coefficient (Wildman–Crippen LogP) is 2.85. The van der Waals surface area contributed by atoms with Crippen LogP contribution in [0.25, 0.3) is 0 Å². The van der Waals surface area contributed by atoms with E-state index in [1.54, 1.807) is 4.90 Å². The van der Waals surface area contributed by atoms with E-state index in [0.717, 1.165) is 28.7 Å². The minimum absolute atomic E-state index is 0.285. The largest absolute Gasteiger partial charge is 0.444 e. The summed E-state index contributed by atoms with van der Waals surface area (Å²) >= 11 is 1.45. The molecule has 0 aromatic carbocycles. The molecule has 1 aromatic heterocycles. The molecule has 98 valence electrons. The minimum atomic E-state index is -0.472. The lowest BCUT2D eigenvalue weighted by atomic mass is 10.0. The Kier molecular flexibility index (Phi) is 3.43. The molecule has 0 saturated heterocycles. The summed E-state index contributed by atoms with van der Waals surface area (Å²) in [7, 11) is 0. The number of carbonyl (C=O) groups excluding carboxylic acids is 2. The second-order valence-corrected chi connectivity index (χ2v) is 6.28. The van der Waals surface area contributed by atoms with Gasteiger partial charge in [-0.1, -0.05) is 0 Å². The van der Waals surface area contributed by atoms with E-state index in [4.69, 9.17) is 4.74 Å². The molecule has 0 bridgehead atoms. The predicted molar refractivity (Wildman–Crippen MR) is 70.1 cm³/mol. The Hall–Kier alpha value is -1.36. The summed E-state index contributed by atoms with van der Waals surface area (Å²) in [4.78, 5) is 25.3. The molecule has 0 aliphatic carbocycles. The van der Waals surface area contributed by atoms with Crippen molar-refractivity contribution >= 4 is 23.7 Å². The molecule has 0 spiro atoms. The normalized spacial score (nSPS) is 15.2. The fraction of sp³-hybridized carbons (Fsp3) is 0.538. The van der Waals surface area contributed by atoms with E-state index in [-0.39, 0.29) is 6.09 Å². The highest BCUT2D eigenvalue weighted by atomic mass is 32.1. The van der Waals surface area contributed by atoms with E-state index >= 15 is 0 Å². The van der Waals surface area contributed by atoms with Gasteiger partial charge in [0, 0.05) is 6.54 Å². The van der Waals surface area contributed by atoms with Gasteiger partial charge in [0.05, 0.1) is 11.4 Å². The van der Waals surface area contributed by atoms with Gasteiger partial charge >= 0.3 is 6.09 Å². The van der Waals surface area contributed by atoms with Crippen molar-refractivity contribution in [2.24, 2.45) is 0 Å². The first-order chi connectivity index (χ1) is 8.40. The van der Waals surface area contributed by atoms with Crippen LogP contribution in [0.3, 0.4) is 0 Å². The number of fused-ring (bicyclic) bond motifs is 1. The Balaban J connectivity index is 2.08. The summed E-state index contributed by atoms with van der Waals surface area (Å²) in [6, 6.07) is 0. The molecule has 2 rings (SSSR count). The topological polar surface area (TPSA) is 46.6 Å². The van der Waals surface area contributed by atoms with Crippen LogP contribution in [0.5, 0.6) is 0 Å². The Morgan fingerprint density at radius 1 is 1.50 bits per heavy atom. The van der Waals surface area contributed by atoms with Crippen LogP contribution in [0.2, 0.25) is 0 Å². The van der Waals surface area contributed by atoms with E-state index in [1.165, 1.54) is 11.3 Å². The fourth-order valence-corrected chi connectivity index (χ4v) is 2.88. The van der Waals surface area contributed by atoms with Gasteiger partial charge in [-0.25, -0.2) is 4.79 Å². The van der Waals surface area contributed by atoms with Gasteiger partial charge in [0.1, 0.15) is 5.60 Å². The van der Waals surface area contributed by atoms with E-state index < -0.39 is 5.60 Å². The van der Waals surface area contributed by atoms with Crippen LogP contribution >= 0.6 is 11.3 Å². The zero-order valence-electron chi connectivity index (χ0n) is 10.9. The second kappa shape index (κ2) is 4.72. The molecular weight excluding hydrogens is 250 g/mol. The van der Waals surface area contributed by atoms with Crippen molar-refractivity contribution < 1.29 is 14.3 Å². The number of aldehydes is 1. The van der Waals surface area contributed by atoms with Gasteiger partial charge in [-0.2, -0.15) is 0 Å². The zero-order valence-corrected chi connectivity index (χ0v) is 11.7. The molecule has 0 N–H and O–H groups in total. The number of thiophene rings is 1. The molecule has 1 aliphatic heterocycles. The van der Waals surface area contributed by atoms with Crippen LogP contribution in [0, 0.1) is 0 Å². The van der Waals surface area contributed by atoms with Crippen LogP contribution < -0.4 is 0 Å². The highest BCUT2D eigenvalue weighted by molar-refractivity contribution is 7.12. The molecule has 1 amide bonds. The number of rotatable bonds is 1. The first-order valence-electron chi connectivity index (χ1n) is 5.93. The summed E-state index contributed by atoms with van der Waals surface area (Å²) in [6.45, 7) is 6.72. The van der Waals surface area contributed by atoms with Gasteiger partial charge in [0.2, 0.25) is 0 Å². The molecule has 5 heteroatoms.